The van der Waals surface area contributed by atoms with Gasteiger partial charge in [0, 0.05) is 24.8 Å². The Balaban J connectivity index is 1.41. The van der Waals surface area contributed by atoms with E-state index in [0.29, 0.717) is 35.1 Å². The standard InChI is InChI=1S/C30H37FN6O5/c1-40-25-15-12-21(17-26(25)41-2)29-33-35-37(34-29)19-27(38)36(18-24-9-6-16-42-24)28(20-10-13-22(31)14-11-20)30(39)32-23-7-4-3-5-8-23/h10-15,17,23-24,28H,3-9,16,18-19H2,1-2H3,(H,32,39)/t24-,28+/m0/s1. The van der Waals surface area contributed by atoms with Crippen LogP contribution in [0, 0.1) is 5.82 Å². The van der Waals surface area contributed by atoms with Gasteiger partial charge in [-0.3, -0.25) is 9.59 Å². The molecule has 3 aromatic rings. The molecule has 42 heavy (non-hydrogen) atoms. The molecule has 1 N–H and O–H groups in total. The first-order valence-electron chi connectivity index (χ1n) is 14.4. The molecule has 2 aromatic carbocycles. The third-order valence-corrected chi connectivity index (χ3v) is 7.81. The fraction of sp³-hybridized carbons (Fsp3) is 0.500. The molecule has 2 heterocycles. The highest BCUT2D eigenvalue weighted by molar-refractivity contribution is 5.89. The SMILES string of the molecule is COc1ccc(-c2nnn(CC(=O)N(C[C@@H]3CCCO3)[C@@H](C(=O)NC3CCCCC3)c3ccc(F)cc3)n2)cc1OC. The molecule has 2 atom stereocenters. The van der Waals surface area contributed by atoms with Crippen LogP contribution in [0.3, 0.4) is 0 Å². The van der Waals surface area contributed by atoms with Crippen molar-refractivity contribution < 1.29 is 28.2 Å². The van der Waals surface area contributed by atoms with E-state index in [1.807, 2.05) is 0 Å². The first-order valence-corrected chi connectivity index (χ1v) is 14.4. The second-order valence-electron chi connectivity index (χ2n) is 10.7. The van der Waals surface area contributed by atoms with E-state index in [1.54, 1.807) is 37.4 Å². The molecule has 0 bridgehead atoms. The first-order chi connectivity index (χ1) is 20.4. The largest absolute Gasteiger partial charge is 0.493 e. The van der Waals surface area contributed by atoms with Gasteiger partial charge in [0.2, 0.25) is 17.6 Å². The number of halogens is 1. The lowest BCUT2D eigenvalue weighted by Gasteiger charge is -2.34. The van der Waals surface area contributed by atoms with E-state index in [9.17, 15) is 14.0 Å². The zero-order chi connectivity index (χ0) is 29.5. The van der Waals surface area contributed by atoms with Crippen LogP contribution in [0.2, 0.25) is 0 Å². The summed E-state index contributed by atoms with van der Waals surface area (Å²) in [5.41, 5.74) is 1.16. The Bertz CT molecular complexity index is 1350. The van der Waals surface area contributed by atoms with Crippen LogP contribution in [0.5, 0.6) is 11.5 Å². The van der Waals surface area contributed by atoms with Crippen molar-refractivity contribution in [1.82, 2.24) is 30.4 Å². The Morgan fingerprint density at radius 2 is 1.81 bits per heavy atom. The number of benzene rings is 2. The van der Waals surface area contributed by atoms with Crippen molar-refractivity contribution in [2.24, 2.45) is 0 Å². The van der Waals surface area contributed by atoms with Gasteiger partial charge in [0.1, 0.15) is 18.4 Å². The highest BCUT2D eigenvalue weighted by atomic mass is 19.1. The Kier molecular flexibility index (Phi) is 9.63. The van der Waals surface area contributed by atoms with Crippen LogP contribution in [0.4, 0.5) is 4.39 Å². The zero-order valence-corrected chi connectivity index (χ0v) is 24.0. The van der Waals surface area contributed by atoms with Crippen molar-refractivity contribution in [3.05, 3.63) is 53.8 Å². The molecular weight excluding hydrogens is 543 g/mol. The van der Waals surface area contributed by atoms with E-state index >= 15 is 0 Å². The molecule has 224 valence electrons. The van der Waals surface area contributed by atoms with Crippen LogP contribution in [-0.2, 0) is 20.9 Å². The Morgan fingerprint density at radius 1 is 1.05 bits per heavy atom. The summed E-state index contributed by atoms with van der Waals surface area (Å²) < 4.78 is 30.4. The van der Waals surface area contributed by atoms with Gasteiger partial charge in [-0.15, -0.1) is 10.2 Å². The number of tetrazole rings is 1. The number of carbonyl (C=O) groups excluding carboxylic acids is 2. The van der Waals surface area contributed by atoms with Gasteiger partial charge in [-0.05, 0) is 66.8 Å². The van der Waals surface area contributed by atoms with Gasteiger partial charge in [-0.1, -0.05) is 31.4 Å². The minimum absolute atomic E-state index is 0.0370. The lowest BCUT2D eigenvalue weighted by atomic mass is 9.94. The smallest absolute Gasteiger partial charge is 0.247 e. The van der Waals surface area contributed by atoms with Crippen molar-refractivity contribution in [1.29, 1.82) is 0 Å². The summed E-state index contributed by atoms with van der Waals surface area (Å²) in [6, 6.07) is 10.0. The van der Waals surface area contributed by atoms with Crippen LogP contribution in [0.25, 0.3) is 11.4 Å². The third kappa shape index (κ3) is 7.04. The third-order valence-electron chi connectivity index (χ3n) is 7.81. The van der Waals surface area contributed by atoms with Gasteiger partial charge < -0.3 is 24.4 Å². The second kappa shape index (κ2) is 13.7. The highest BCUT2D eigenvalue weighted by Gasteiger charge is 2.35. The molecule has 11 nitrogen and oxygen atoms in total. The number of hydrogen-bond donors (Lipinski definition) is 1. The molecule has 2 fully saturated rings. The van der Waals surface area contributed by atoms with E-state index in [-0.39, 0.29) is 37.0 Å². The van der Waals surface area contributed by atoms with Gasteiger partial charge in [-0.2, -0.15) is 4.80 Å². The molecule has 2 amide bonds. The van der Waals surface area contributed by atoms with Gasteiger partial charge in [0.25, 0.3) is 0 Å². The Morgan fingerprint density at radius 3 is 2.50 bits per heavy atom. The predicted molar refractivity (Wildman–Crippen MR) is 151 cm³/mol. The molecule has 1 aromatic heterocycles. The first kappa shape index (κ1) is 29.4. The van der Waals surface area contributed by atoms with Crippen LogP contribution in [-0.4, -0.2) is 76.4 Å². The Hall–Kier alpha value is -4.06. The number of nitrogens with zero attached hydrogens (tertiary/aromatic N) is 5. The molecule has 0 spiro atoms. The number of methoxy groups -OCH3 is 2. The van der Waals surface area contributed by atoms with Gasteiger partial charge in [-0.25, -0.2) is 4.39 Å². The van der Waals surface area contributed by atoms with Crippen LogP contribution in [0.1, 0.15) is 56.6 Å². The van der Waals surface area contributed by atoms with Crippen molar-refractivity contribution >= 4 is 11.8 Å². The Labute approximate surface area is 244 Å². The fourth-order valence-corrected chi connectivity index (χ4v) is 5.62. The molecule has 0 radical (unpaired) electrons. The number of nitrogens with one attached hydrogen (secondary N) is 1. The maximum absolute atomic E-state index is 14.0. The maximum atomic E-state index is 14.0. The summed E-state index contributed by atoms with van der Waals surface area (Å²) in [6.45, 7) is 0.555. The molecule has 1 aliphatic carbocycles. The number of rotatable bonds is 11. The van der Waals surface area contributed by atoms with E-state index < -0.39 is 11.9 Å². The molecule has 5 rings (SSSR count). The monoisotopic (exact) mass is 580 g/mol. The maximum Gasteiger partial charge on any atom is 0.247 e. The van der Waals surface area contributed by atoms with Crippen LogP contribution >= 0.6 is 0 Å². The highest BCUT2D eigenvalue weighted by Crippen LogP contribution is 2.31. The van der Waals surface area contributed by atoms with E-state index in [0.717, 1.165) is 44.9 Å². The molecule has 1 aliphatic heterocycles. The van der Waals surface area contributed by atoms with Gasteiger partial charge in [0.05, 0.1) is 20.3 Å². The van der Waals surface area contributed by atoms with Gasteiger partial charge in [0.15, 0.2) is 11.5 Å². The number of aromatic nitrogens is 4. The fourth-order valence-electron chi connectivity index (χ4n) is 5.62. The predicted octanol–water partition coefficient (Wildman–Crippen LogP) is 3.69. The minimum atomic E-state index is -0.974. The average molecular weight is 581 g/mol. The molecule has 12 heteroatoms. The molecule has 1 saturated carbocycles. The van der Waals surface area contributed by atoms with Gasteiger partial charge >= 0.3 is 0 Å². The van der Waals surface area contributed by atoms with Crippen molar-refractivity contribution in [2.45, 2.75) is 69.7 Å². The quantitative estimate of drug-likeness (QED) is 0.365. The van der Waals surface area contributed by atoms with Crippen molar-refractivity contribution in [3.8, 4) is 22.9 Å². The van der Waals surface area contributed by atoms with Crippen molar-refractivity contribution in [2.75, 3.05) is 27.4 Å². The van der Waals surface area contributed by atoms with E-state index in [2.05, 4.69) is 20.7 Å². The number of amides is 2. The summed E-state index contributed by atoms with van der Waals surface area (Å²) >= 11 is 0. The topological polar surface area (TPSA) is 121 Å². The van der Waals surface area contributed by atoms with Crippen LogP contribution < -0.4 is 14.8 Å². The lowest BCUT2D eigenvalue weighted by molar-refractivity contribution is -0.143. The van der Waals surface area contributed by atoms with E-state index in [4.69, 9.17) is 14.2 Å². The lowest BCUT2D eigenvalue weighted by Crippen LogP contribution is -2.50. The zero-order valence-electron chi connectivity index (χ0n) is 24.0. The second-order valence-corrected chi connectivity index (χ2v) is 10.7. The summed E-state index contributed by atoms with van der Waals surface area (Å²) in [4.78, 5) is 30.5. The normalized spacial score (nSPS) is 17.9. The van der Waals surface area contributed by atoms with Crippen molar-refractivity contribution in [3.63, 3.8) is 0 Å². The molecule has 2 aliphatic rings. The number of ether oxygens (including phenoxy) is 3. The minimum Gasteiger partial charge on any atom is -0.493 e. The van der Waals surface area contributed by atoms with Crippen LogP contribution in [0.15, 0.2) is 42.5 Å². The number of carbonyl (C=O) groups is 2. The summed E-state index contributed by atoms with van der Waals surface area (Å²) in [5.74, 6) is 0.284. The summed E-state index contributed by atoms with van der Waals surface area (Å²) in [5, 5.41) is 15.8. The molecule has 1 saturated heterocycles. The number of hydrogen-bond acceptors (Lipinski definition) is 8. The van der Waals surface area contributed by atoms with E-state index in [1.165, 1.54) is 28.9 Å². The summed E-state index contributed by atoms with van der Waals surface area (Å²) in [6.07, 6.45) is 6.46. The molecular formula is C30H37FN6O5. The summed E-state index contributed by atoms with van der Waals surface area (Å²) in [7, 11) is 3.09. The molecule has 0 unspecified atom stereocenters. The average Bonchev–Trinajstić information content (AvgIpc) is 3.70.